The molecule has 1 aromatic heterocycles. The van der Waals surface area contributed by atoms with E-state index >= 15 is 0 Å². The Kier molecular flexibility index (Phi) is 3.70. The minimum absolute atomic E-state index is 0.734. The van der Waals surface area contributed by atoms with Gasteiger partial charge in [-0.2, -0.15) is 0 Å². The highest BCUT2D eigenvalue weighted by Crippen LogP contribution is 2.23. The molecule has 1 heterocycles. The lowest BCUT2D eigenvalue weighted by Gasteiger charge is -2.13. The van der Waals surface area contributed by atoms with Gasteiger partial charge in [0.1, 0.15) is 0 Å². The van der Waals surface area contributed by atoms with Crippen LogP contribution in [0.25, 0.3) is 11.1 Å². The summed E-state index contributed by atoms with van der Waals surface area (Å²) >= 11 is 0. The number of nitrogens with zero attached hydrogens (tertiary/aromatic N) is 2. The van der Waals surface area contributed by atoms with Crippen molar-refractivity contribution in [1.82, 2.24) is 10.3 Å². The van der Waals surface area contributed by atoms with Crippen molar-refractivity contribution in [2.75, 3.05) is 19.0 Å². The number of benzene rings is 1. The van der Waals surface area contributed by atoms with Crippen LogP contribution in [0.2, 0.25) is 0 Å². The monoisotopic (exact) mass is 267 g/mol. The Morgan fingerprint density at radius 2 is 1.85 bits per heavy atom. The number of nitrogens with one attached hydrogen (secondary N) is 1. The maximum Gasteiger partial charge on any atom is 0.0361 e. The van der Waals surface area contributed by atoms with E-state index in [1.165, 1.54) is 35.2 Å². The molecule has 0 bridgehead atoms. The van der Waals surface area contributed by atoms with Crippen molar-refractivity contribution in [2.45, 2.75) is 25.4 Å². The van der Waals surface area contributed by atoms with Gasteiger partial charge in [-0.1, -0.05) is 12.1 Å². The summed E-state index contributed by atoms with van der Waals surface area (Å²) in [6.45, 7) is 0.918. The van der Waals surface area contributed by atoms with E-state index in [1.807, 2.05) is 12.4 Å². The molecule has 3 nitrogen and oxygen atoms in total. The van der Waals surface area contributed by atoms with Crippen molar-refractivity contribution in [1.29, 1.82) is 0 Å². The number of pyridine rings is 1. The molecule has 3 heteroatoms. The Morgan fingerprint density at radius 3 is 2.50 bits per heavy atom. The summed E-state index contributed by atoms with van der Waals surface area (Å²) in [5.41, 5.74) is 4.88. The molecule has 104 valence electrons. The zero-order valence-electron chi connectivity index (χ0n) is 12.1. The maximum absolute atomic E-state index is 4.37. The van der Waals surface area contributed by atoms with Gasteiger partial charge in [0.25, 0.3) is 0 Å². The fraction of sp³-hybridized carbons (Fsp3) is 0.353. The van der Waals surface area contributed by atoms with E-state index in [1.54, 1.807) is 0 Å². The summed E-state index contributed by atoms with van der Waals surface area (Å²) in [5, 5.41) is 3.53. The Morgan fingerprint density at radius 1 is 1.10 bits per heavy atom. The van der Waals surface area contributed by atoms with E-state index in [2.05, 4.69) is 59.6 Å². The minimum atomic E-state index is 0.734. The highest BCUT2D eigenvalue weighted by Gasteiger charge is 2.19. The van der Waals surface area contributed by atoms with E-state index < -0.39 is 0 Å². The number of hydrogen-bond donors (Lipinski definition) is 1. The van der Waals surface area contributed by atoms with Crippen LogP contribution >= 0.6 is 0 Å². The van der Waals surface area contributed by atoms with Gasteiger partial charge in [-0.3, -0.25) is 4.98 Å². The molecule has 0 saturated heterocycles. The second kappa shape index (κ2) is 5.63. The smallest absolute Gasteiger partial charge is 0.0361 e. The normalized spacial score (nSPS) is 14.3. The van der Waals surface area contributed by atoms with Crippen LogP contribution in [0.3, 0.4) is 0 Å². The van der Waals surface area contributed by atoms with Crippen LogP contribution in [0.4, 0.5) is 5.69 Å². The first-order valence-corrected chi connectivity index (χ1v) is 7.17. The third-order valence-electron chi connectivity index (χ3n) is 3.68. The standard InChI is InChI=1S/C17H21N3/c1-20(2)17-7-3-14(4-8-17)15-9-13(10-18-12-15)11-19-16-5-6-16/h3-4,7-10,12,16,19H,5-6,11H2,1-2H3. The van der Waals surface area contributed by atoms with Gasteiger partial charge in [0.05, 0.1) is 0 Å². The Balaban J connectivity index is 1.76. The van der Waals surface area contributed by atoms with Crippen LogP contribution in [-0.2, 0) is 6.54 Å². The summed E-state index contributed by atoms with van der Waals surface area (Å²) in [6.07, 6.45) is 6.52. The van der Waals surface area contributed by atoms with Crippen molar-refractivity contribution in [2.24, 2.45) is 0 Å². The van der Waals surface area contributed by atoms with Crippen LogP contribution in [0.1, 0.15) is 18.4 Å². The molecule has 1 saturated carbocycles. The Bertz CT molecular complexity index is 571. The van der Waals surface area contributed by atoms with E-state index in [0.717, 1.165) is 12.6 Å². The van der Waals surface area contributed by atoms with Gasteiger partial charge in [0, 0.05) is 50.3 Å². The first-order valence-electron chi connectivity index (χ1n) is 7.17. The Hall–Kier alpha value is -1.87. The van der Waals surface area contributed by atoms with E-state index in [9.17, 15) is 0 Å². The molecule has 1 fully saturated rings. The summed E-state index contributed by atoms with van der Waals surface area (Å²) in [4.78, 5) is 6.48. The molecule has 0 amide bonds. The topological polar surface area (TPSA) is 28.2 Å². The first kappa shape index (κ1) is 13.1. The lowest BCUT2D eigenvalue weighted by Crippen LogP contribution is -2.15. The van der Waals surface area contributed by atoms with Gasteiger partial charge in [-0.05, 0) is 42.2 Å². The van der Waals surface area contributed by atoms with E-state index in [-0.39, 0.29) is 0 Å². The molecule has 0 atom stereocenters. The summed E-state index contributed by atoms with van der Waals surface area (Å²) in [5.74, 6) is 0. The number of anilines is 1. The Labute approximate surface area is 120 Å². The number of rotatable bonds is 5. The molecule has 0 unspecified atom stereocenters. The average Bonchev–Trinajstić information content (AvgIpc) is 3.30. The first-order chi connectivity index (χ1) is 9.72. The van der Waals surface area contributed by atoms with Gasteiger partial charge < -0.3 is 10.2 Å². The van der Waals surface area contributed by atoms with Crippen molar-refractivity contribution >= 4 is 5.69 Å². The van der Waals surface area contributed by atoms with Crippen LogP contribution in [0, 0.1) is 0 Å². The molecule has 1 aromatic carbocycles. The molecule has 1 N–H and O–H groups in total. The van der Waals surface area contributed by atoms with Crippen molar-refractivity contribution in [3.63, 3.8) is 0 Å². The van der Waals surface area contributed by atoms with Crippen molar-refractivity contribution < 1.29 is 0 Å². The molecular weight excluding hydrogens is 246 g/mol. The summed E-state index contributed by atoms with van der Waals surface area (Å²) in [7, 11) is 4.11. The van der Waals surface area contributed by atoms with Crippen LogP contribution in [0.5, 0.6) is 0 Å². The quantitative estimate of drug-likeness (QED) is 0.902. The fourth-order valence-corrected chi connectivity index (χ4v) is 2.24. The molecule has 0 aliphatic heterocycles. The molecule has 2 aromatic rings. The van der Waals surface area contributed by atoms with Gasteiger partial charge in [-0.15, -0.1) is 0 Å². The maximum atomic E-state index is 4.37. The lowest BCUT2D eigenvalue weighted by atomic mass is 10.1. The van der Waals surface area contributed by atoms with Crippen LogP contribution < -0.4 is 10.2 Å². The molecule has 20 heavy (non-hydrogen) atoms. The molecule has 0 spiro atoms. The SMILES string of the molecule is CN(C)c1ccc(-c2cncc(CNC3CC3)c2)cc1. The fourth-order valence-electron chi connectivity index (χ4n) is 2.24. The molecule has 0 radical (unpaired) electrons. The molecular formula is C17H21N3. The van der Waals surface area contributed by atoms with Crippen LogP contribution in [0.15, 0.2) is 42.7 Å². The van der Waals surface area contributed by atoms with Crippen molar-refractivity contribution in [3.8, 4) is 11.1 Å². The van der Waals surface area contributed by atoms with Gasteiger partial charge in [0.2, 0.25) is 0 Å². The molecule has 3 rings (SSSR count). The second-order valence-corrected chi connectivity index (χ2v) is 5.68. The molecule has 1 aliphatic rings. The number of hydrogen-bond acceptors (Lipinski definition) is 3. The second-order valence-electron chi connectivity index (χ2n) is 5.68. The van der Waals surface area contributed by atoms with Gasteiger partial charge in [-0.25, -0.2) is 0 Å². The van der Waals surface area contributed by atoms with Crippen molar-refractivity contribution in [3.05, 3.63) is 48.3 Å². The predicted octanol–water partition coefficient (Wildman–Crippen LogP) is 3.07. The predicted molar refractivity (Wildman–Crippen MR) is 83.9 cm³/mol. The highest BCUT2D eigenvalue weighted by atomic mass is 15.1. The minimum Gasteiger partial charge on any atom is -0.378 e. The van der Waals surface area contributed by atoms with E-state index in [4.69, 9.17) is 0 Å². The molecule has 1 aliphatic carbocycles. The van der Waals surface area contributed by atoms with Gasteiger partial charge >= 0.3 is 0 Å². The van der Waals surface area contributed by atoms with Gasteiger partial charge in [0.15, 0.2) is 0 Å². The zero-order chi connectivity index (χ0) is 13.9. The summed E-state index contributed by atoms with van der Waals surface area (Å²) in [6, 6.07) is 11.6. The zero-order valence-corrected chi connectivity index (χ0v) is 12.1. The average molecular weight is 267 g/mol. The largest absolute Gasteiger partial charge is 0.378 e. The third-order valence-corrected chi connectivity index (χ3v) is 3.68. The lowest BCUT2D eigenvalue weighted by molar-refractivity contribution is 0.686. The summed E-state index contributed by atoms with van der Waals surface area (Å²) < 4.78 is 0. The van der Waals surface area contributed by atoms with Crippen LogP contribution in [-0.4, -0.2) is 25.1 Å². The number of aromatic nitrogens is 1. The highest BCUT2D eigenvalue weighted by molar-refractivity contribution is 5.66. The van der Waals surface area contributed by atoms with E-state index in [0.29, 0.717) is 0 Å². The third kappa shape index (κ3) is 3.17.